The Kier molecular flexibility index (Phi) is 8.26. The molecule has 1 aromatic carbocycles. The number of anilines is 1. The van der Waals surface area contributed by atoms with Crippen molar-refractivity contribution in [3.05, 3.63) is 58.9 Å². The lowest BCUT2D eigenvalue weighted by Gasteiger charge is -2.35. The van der Waals surface area contributed by atoms with E-state index in [1.807, 2.05) is 11.0 Å². The number of carbonyl (C=O) groups is 2. The number of pyridine rings is 1. The molecule has 6 nitrogen and oxygen atoms in total. The minimum atomic E-state index is -0.222. The van der Waals surface area contributed by atoms with Crippen LogP contribution in [0.2, 0.25) is 5.02 Å². The minimum Gasteiger partial charge on any atom is -0.337 e. The molecule has 2 amide bonds. The molecule has 3 rings (SSSR count). The van der Waals surface area contributed by atoms with E-state index in [1.165, 1.54) is 6.42 Å². The molecular formula is C25H33ClN4O2. The third-order valence-electron chi connectivity index (χ3n) is 6.04. The number of nitrogens with two attached hydrogens (primary N) is 1. The SMILES string of the molecule is CC(C)(CN)CN(Cc1cc(NC(=O)c2ccncc2)ccc1Cl)C(=O)C1CCCCC1. The quantitative estimate of drug-likeness (QED) is 0.592. The van der Waals surface area contributed by atoms with Crippen LogP contribution in [0.25, 0.3) is 0 Å². The van der Waals surface area contributed by atoms with Gasteiger partial charge in [-0.3, -0.25) is 14.6 Å². The first-order chi connectivity index (χ1) is 15.3. The molecule has 32 heavy (non-hydrogen) atoms. The number of nitrogens with one attached hydrogen (secondary N) is 1. The summed E-state index contributed by atoms with van der Waals surface area (Å²) >= 11 is 6.51. The van der Waals surface area contributed by atoms with Crippen molar-refractivity contribution >= 4 is 29.1 Å². The zero-order valence-electron chi connectivity index (χ0n) is 18.9. The smallest absolute Gasteiger partial charge is 0.255 e. The second kappa shape index (κ2) is 10.9. The Morgan fingerprint density at radius 3 is 2.50 bits per heavy atom. The first kappa shape index (κ1) is 24.2. The number of benzene rings is 1. The van der Waals surface area contributed by atoms with E-state index in [9.17, 15) is 9.59 Å². The lowest BCUT2D eigenvalue weighted by molar-refractivity contribution is -0.138. The van der Waals surface area contributed by atoms with Crippen molar-refractivity contribution in [3.8, 4) is 0 Å². The van der Waals surface area contributed by atoms with Gasteiger partial charge in [0.15, 0.2) is 0 Å². The van der Waals surface area contributed by atoms with Crippen molar-refractivity contribution in [1.29, 1.82) is 0 Å². The average molecular weight is 457 g/mol. The van der Waals surface area contributed by atoms with Gasteiger partial charge >= 0.3 is 0 Å². The summed E-state index contributed by atoms with van der Waals surface area (Å²) in [5, 5.41) is 3.47. The van der Waals surface area contributed by atoms with Gasteiger partial charge in [0.05, 0.1) is 0 Å². The highest BCUT2D eigenvalue weighted by Crippen LogP contribution is 2.29. The molecule has 1 aromatic heterocycles. The maximum Gasteiger partial charge on any atom is 0.255 e. The predicted octanol–water partition coefficient (Wildman–Crippen LogP) is 4.88. The van der Waals surface area contributed by atoms with Gasteiger partial charge in [0.1, 0.15) is 0 Å². The highest BCUT2D eigenvalue weighted by Gasteiger charge is 2.30. The molecule has 2 aromatic rings. The summed E-state index contributed by atoms with van der Waals surface area (Å²) in [5.41, 5.74) is 7.73. The summed E-state index contributed by atoms with van der Waals surface area (Å²) in [6.45, 7) is 5.57. The summed E-state index contributed by atoms with van der Waals surface area (Å²) in [6, 6.07) is 8.69. The largest absolute Gasteiger partial charge is 0.337 e. The highest BCUT2D eigenvalue weighted by molar-refractivity contribution is 6.31. The summed E-state index contributed by atoms with van der Waals surface area (Å²) in [6.07, 6.45) is 8.43. The molecule has 0 radical (unpaired) electrons. The topological polar surface area (TPSA) is 88.3 Å². The molecule has 172 valence electrons. The first-order valence-corrected chi connectivity index (χ1v) is 11.7. The average Bonchev–Trinajstić information content (AvgIpc) is 2.81. The van der Waals surface area contributed by atoms with Crippen molar-refractivity contribution < 1.29 is 9.59 Å². The van der Waals surface area contributed by atoms with Crippen LogP contribution in [0.3, 0.4) is 0 Å². The zero-order valence-corrected chi connectivity index (χ0v) is 19.7. The number of aromatic nitrogens is 1. The number of rotatable bonds is 8. The molecule has 1 heterocycles. The van der Waals surface area contributed by atoms with Gasteiger partial charge in [0.25, 0.3) is 5.91 Å². The van der Waals surface area contributed by atoms with Gasteiger partial charge in [0, 0.05) is 47.7 Å². The second-order valence-corrected chi connectivity index (χ2v) is 9.80. The van der Waals surface area contributed by atoms with Gasteiger partial charge in [-0.15, -0.1) is 0 Å². The van der Waals surface area contributed by atoms with Gasteiger partial charge in [-0.05, 0) is 60.7 Å². The van der Waals surface area contributed by atoms with Crippen LogP contribution >= 0.6 is 11.6 Å². The van der Waals surface area contributed by atoms with E-state index in [1.54, 1.807) is 36.7 Å². The van der Waals surface area contributed by atoms with Crippen molar-refractivity contribution in [2.24, 2.45) is 17.1 Å². The van der Waals surface area contributed by atoms with Gasteiger partial charge in [0.2, 0.25) is 5.91 Å². The van der Waals surface area contributed by atoms with Crippen LogP contribution in [0.15, 0.2) is 42.7 Å². The van der Waals surface area contributed by atoms with Crippen LogP contribution in [0, 0.1) is 11.3 Å². The summed E-state index contributed by atoms with van der Waals surface area (Å²) in [7, 11) is 0. The molecule has 1 saturated carbocycles. The number of hydrogen-bond donors (Lipinski definition) is 2. The number of carbonyl (C=O) groups excluding carboxylic acids is 2. The third kappa shape index (κ3) is 6.53. The Hall–Kier alpha value is -2.44. The molecule has 0 saturated heterocycles. The van der Waals surface area contributed by atoms with Crippen LogP contribution < -0.4 is 11.1 Å². The molecule has 0 spiro atoms. The standard InChI is InChI=1S/C25H33ClN4O2/c1-25(2,16-27)17-30(24(32)19-6-4-3-5-7-19)15-20-14-21(8-9-22(20)26)29-23(31)18-10-12-28-13-11-18/h8-14,19H,3-7,15-17,27H2,1-2H3,(H,29,31). The molecule has 0 atom stereocenters. The maximum absolute atomic E-state index is 13.4. The molecule has 3 N–H and O–H groups in total. The van der Waals surface area contributed by atoms with Crippen molar-refractivity contribution in [2.75, 3.05) is 18.4 Å². The van der Waals surface area contributed by atoms with Crippen molar-refractivity contribution in [1.82, 2.24) is 9.88 Å². The van der Waals surface area contributed by atoms with Crippen LogP contribution in [-0.2, 0) is 11.3 Å². The number of amides is 2. The van der Waals surface area contributed by atoms with E-state index < -0.39 is 0 Å². The molecule has 0 unspecified atom stereocenters. The van der Waals surface area contributed by atoms with E-state index in [2.05, 4.69) is 24.1 Å². The van der Waals surface area contributed by atoms with Gasteiger partial charge in [-0.2, -0.15) is 0 Å². The van der Waals surface area contributed by atoms with Crippen LogP contribution in [-0.4, -0.2) is 34.8 Å². The van der Waals surface area contributed by atoms with E-state index in [0.717, 1.165) is 31.2 Å². The number of nitrogens with zero attached hydrogens (tertiary/aromatic N) is 2. The van der Waals surface area contributed by atoms with E-state index in [0.29, 0.717) is 35.9 Å². The summed E-state index contributed by atoms with van der Waals surface area (Å²) in [4.78, 5) is 31.8. The Balaban J connectivity index is 1.80. The Bertz CT molecular complexity index is 927. The normalized spacial score (nSPS) is 14.8. The molecule has 1 aliphatic carbocycles. The zero-order chi connectivity index (χ0) is 23.1. The summed E-state index contributed by atoms with van der Waals surface area (Å²) < 4.78 is 0. The Morgan fingerprint density at radius 2 is 1.84 bits per heavy atom. The molecule has 1 fully saturated rings. The van der Waals surface area contributed by atoms with Gasteiger partial charge in [-0.1, -0.05) is 44.7 Å². The van der Waals surface area contributed by atoms with Gasteiger partial charge < -0.3 is 16.0 Å². The Morgan fingerprint density at radius 1 is 1.16 bits per heavy atom. The molecule has 0 bridgehead atoms. The predicted molar refractivity (Wildman–Crippen MR) is 128 cm³/mol. The van der Waals surface area contributed by atoms with Crippen LogP contribution in [0.4, 0.5) is 5.69 Å². The lowest BCUT2D eigenvalue weighted by Crippen LogP contribution is -2.44. The lowest BCUT2D eigenvalue weighted by atomic mass is 9.86. The molecule has 0 aliphatic heterocycles. The number of hydrogen-bond acceptors (Lipinski definition) is 4. The Labute approximate surface area is 195 Å². The van der Waals surface area contributed by atoms with Crippen LogP contribution in [0.5, 0.6) is 0 Å². The molecule has 1 aliphatic rings. The fourth-order valence-electron chi connectivity index (χ4n) is 4.09. The third-order valence-corrected chi connectivity index (χ3v) is 6.41. The van der Waals surface area contributed by atoms with E-state index in [4.69, 9.17) is 17.3 Å². The van der Waals surface area contributed by atoms with Crippen molar-refractivity contribution in [2.45, 2.75) is 52.5 Å². The molecule has 7 heteroatoms. The fraction of sp³-hybridized carbons (Fsp3) is 0.480. The first-order valence-electron chi connectivity index (χ1n) is 11.3. The monoisotopic (exact) mass is 456 g/mol. The fourth-order valence-corrected chi connectivity index (χ4v) is 4.26. The molecular weight excluding hydrogens is 424 g/mol. The second-order valence-electron chi connectivity index (χ2n) is 9.39. The number of halogens is 1. The maximum atomic E-state index is 13.4. The van der Waals surface area contributed by atoms with Crippen LogP contribution in [0.1, 0.15) is 61.9 Å². The van der Waals surface area contributed by atoms with Crippen molar-refractivity contribution in [3.63, 3.8) is 0 Å². The minimum absolute atomic E-state index is 0.0608. The van der Waals surface area contributed by atoms with E-state index >= 15 is 0 Å². The van der Waals surface area contributed by atoms with Gasteiger partial charge in [-0.25, -0.2) is 0 Å². The summed E-state index contributed by atoms with van der Waals surface area (Å²) in [5.74, 6) is 0.0132. The van der Waals surface area contributed by atoms with E-state index in [-0.39, 0.29) is 23.1 Å². The highest BCUT2D eigenvalue weighted by atomic mass is 35.5.